The smallest absolute Gasteiger partial charge is 0.222 e. The summed E-state index contributed by atoms with van der Waals surface area (Å²) in [6.45, 7) is 4.32. The highest BCUT2D eigenvalue weighted by Crippen LogP contribution is 2.32. The van der Waals surface area contributed by atoms with Crippen LogP contribution in [0, 0.1) is 6.92 Å². The molecule has 0 radical (unpaired) electrons. The zero-order chi connectivity index (χ0) is 15.5. The second kappa shape index (κ2) is 6.32. The van der Waals surface area contributed by atoms with E-state index in [1.165, 1.54) is 12.5 Å². The van der Waals surface area contributed by atoms with E-state index >= 15 is 0 Å². The van der Waals surface area contributed by atoms with Crippen LogP contribution < -0.4 is 5.32 Å². The third-order valence-corrected chi connectivity index (χ3v) is 3.89. The van der Waals surface area contributed by atoms with E-state index in [-0.39, 0.29) is 12.1 Å². The van der Waals surface area contributed by atoms with Crippen molar-refractivity contribution in [2.24, 2.45) is 0 Å². The van der Waals surface area contributed by atoms with Crippen LogP contribution in [-0.2, 0) is 9.53 Å². The Morgan fingerprint density at radius 3 is 2.86 bits per heavy atom. The molecule has 1 atom stereocenters. The van der Waals surface area contributed by atoms with Crippen LogP contribution in [0.15, 0.2) is 30.3 Å². The zero-order valence-electron chi connectivity index (χ0n) is 13.0. The average molecular weight is 299 g/mol. The molecule has 0 bridgehead atoms. The summed E-state index contributed by atoms with van der Waals surface area (Å²) in [7, 11) is 0. The number of nitrogens with zero attached hydrogens (tertiary/aromatic N) is 2. The molecule has 1 aromatic heterocycles. The normalized spacial score (nSPS) is 18.2. The molecule has 1 amide bonds. The molecule has 5 heteroatoms. The van der Waals surface area contributed by atoms with E-state index in [1.807, 2.05) is 22.9 Å². The van der Waals surface area contributed by atoms with Gasteiger partial charge in [-0.05, 0) is 31.7 Å². The van der Waals surface area contributed by atoms with Crippen LogP contribution in [0.5, 0.6) is 0 Å². The van der Waals surface area contributed by atoms with E-state index in [0.29, 0.717) is 5.82 Å². The van der Waals surface area contributed by atoms with Crippen LogP contribution in [0.25, 0.3) is 11.3 Å². The Balaban J connectivity index is 2.04. The predicted octanol–water partition coefficient (Wildman–Crippen LogP) is 3.52. The van der Waals surface area contributed by atoms with Crippen molar-refractivity contribution in [3.63, 3.8) is 0 Å². The number of aryl methyl sites for hydroxylation is 1. The second-order valence-corrected chi connectivity index (χ2v) is 5.68. The van der Waals surface area contributed by atoms with Crippen molar-refractivity contribution < 1.29 is 9.53 Å². The van der Waals surface area contributed by atoms with Crippen molar-refractivity contribution in [3.05, 3.63) is 35.9 Å². The van der Waals surface area contributed by atoms with E-state index in [1.54, 1.807) is 0 Å². The number of aromatic nitrogens is 2. The Labute approximate surface area is 130 Å². The summed E-state index contributed by atoms with van der Waals surface area (Å²) >= 11 is 0. The molecule has 0 spiro atoms. The molecule has 2 heterocycles. The SMILES string of the molecule is CC(=O)Nc1cc(-c2ccccc2C)n(C2CCCCO2)n1. The van der Waals surface area contributed by atoms with Crippen molar-refractivity contribution in [2.75, 3.05) is 11.9 Å². The molecule has 0 aliphatic carbocycles. The van der Waals surface area contributed by atoms with Crippen molar-refractivity contribution >= 4 is 11.7 Å². The topological polar surface area (TPSA) is 56.2 Å². The van der Waals surface area contributed by atoms with Gasteiger partial charge in [0.15, 0.2) is 12.0 Å². The predicted molar refractivity (Wildman–Crippen MR) is 85.5 cm³/mol. The minimum atomic E-state index is -0.120. The lowest BCUT2D eigenvalue weighted by molar-refractivity contribution is -0.114. The van der Waals surface area contributed by atoms with Crippen LogP contribution in [0.4, 0.5) is 5.82 Å². The first kappa shape index (κ1) is 14.8. The van der Waals surface area contributed by atoms with Gasteiger partial charge < -0.3 is 10.1 Å². The number of amides is 1. The molecule has 1 N–H and O–H groups in total. The van der Waals surface area contributed by atoms with E-state index in [0.717, 1.165) is 37.1 Å². The van der Waals surface area contributed by atoms with Crippen LogP contribution >= 0.6 is 0 Å². The fraction of sp³-hybridized carbons (Fsp3) is 0.412. The summed E-state index contributed by atoms with van der Waals surface area (Å²) in [6.07, 6.45) is 3.11. The third kappa shape index (κ3) is 3.04. The fourth-order valence-corrected chi connectivity index (χ4v) is 2.83. The number of carbonyl (C=O) groups excluding carboxylic acids is 1. The largest absolute Gasteiger partial charge is 0.356 e. The number of carbonyl (C=O) groups is 1. The molecule has 1 aliphatic rings. The Hall–Kier alpha value is -2.14. The fourth-order valence-electron chi connectivity index (χ4n) is 2.83. The van der Waals surface area contributed by atoms with Crippen LogP contribution in [0.3, 0.4) is 0 Å². The molecular weight excluding hydrogens is 278 g/mol. The van der Waals surface area contributed by atoms with Crippen molar-refractivity contribution in [1.82, 2.24) is 9.78 Å². The Morgan fingerprint density at radius 2 is 2.18 bits per heavy atom. The summed E-state index contributed by atoms with van der Waals surface area (Å²) in [5.74, 6) is 0.450. The van der Waals surface area contributed by atoms with Gasteiger partial charge in [0.05, 0.1) is 5.69 Å². The molecule has 0 saturated carbocycles. The minimum Gasteiger partial charge on any atom is -0.356 e. The Bertz CT molecular complexity index is 672. The van der Waals surface area contributed by atoms with E-state index < -0.39 is 0 Å². The first-order valence-corrected chi connectivity index (χ1v) is 7.70. The van der Waals surface area contributed by atoms with Gasteiger partial charge in [-0.2, -0.15) is 5.10 Å². The van der Waals surface area contributed by atoms with Gasteiger partial charge in [-0.15, -0.1) is 0 Å². The van der Waals surface area contributed by atoms with Crippen molar-refractivity contribution in [1.29, 1.82) is 0 Å². The van der Waals surface area contributed by atoms with Gasteiger partial charge in [-0.1, -0.05) is 24.3 Å². The lowest BCUT2D eigenvalue weighted by Gasteiger charge is -2.24. The first-order chi connectivity index (χ1) is 10.6. The van der Waals surface area contributed by atoms with Crippen LogP contribution in [0.2, 0.25) is 0 Å². The highest BCUT2D eigenvalue weighted by Gasteiger charge is 2.22. The number of hydrogen-bond acceptors (Lipinski definition) is 3. The number of ether oxygens (including phenoxy) is 1. The minimum absolute atomic E-state index is 0.0640. The van der Waals surface area contributed by atoms with Crippen LogP contribution in [0.1, 0.15) is 38.0 Å². The van der Waals surface area contributed by atoms with Gasteiger partial charge in [0, 0.05) is 25.2 Å². The molecule has 2 aromatic rings. The number of rotatable bonds is 3. The summed E-state index contributed by atoms with van der Waals surface area (Å²) < 4.78 is 7.78. The van der Waals surface area contributed by atoms with Crippen LogP contribution in [-0.4, -0.2) is 22.3 Å². The summed E-state index contributed by atoms with van der Waals surface area (Å²) in [5, 5.41) is 7.32. The van der Waals surface area contributed by atoms with Gasteiger partial charge in [-0.3, -0.25) is 4.79 Å². The third-order valence-electron chi connectivity index (χ3n) is 3.89. The lowest BCUT2D eigenvalue weighted by atomic mass is 10.1. The van der Waals surface area contributed by atoms with Gasteiger partial charge in [0.25, 0.3) is 0 Å². The van der Waals surface area contributed by atoms with E-state index in [4.69, 9.17) is 4.74 Å². The van der Waals surface area contributed by atoms with Gasteiger partial charge in [0.1, 0.15) is 0 Å². The number of benzene rings is 1. The lowest BCUT2D eigenvalue weighted by Crippen LogP contribution is -2.20. The molecule has 1 unspecified atom stereocenters. The summed E-state index contributed by atoms with van der Waals surface area (Å²) in [4.78, 5) is 11.3. The molecule has 1 aliphatic heterocycles. The van der Waals surface area contributed by atoms with E-state index in [2.05, 4.69) is 29.5 Å². The highest BCUT2D eigenvalue weighted by molar-refractivity contribution is 5.88. The molecular formula is C17H21N3O2. The molecule has 22 heavy (non-hydrogen) atoms. The maximum Gasteiger partial charge on any atom is 0.222 e. The standard InChI is InChI=1S/C17H21N3O2/c1-12-7-3-4-8-14(12)15-11-16(18-13(2)21)19-20(15)17-9-5-6-10-22-17/h3-4,7-8,11,17H,5-6,9-10H2,1-2H3,(H,18,19,21). The number of anilines is 1. The monoisotopic (exact) mass is 299 g/mol. The molecule has 5 nitrogen and oxygen atoms in total. The Morgan fingerprint density at radius 1 is 1.36 bits per heavy atom. The van der Waals surface area contributed by atoms with Gasteiger partial charge in [0.2, 0.25) is 5.91 Å². The Kier molecular flexibility index (Phi) is 4.24. The molecule has 1 fully saturated rings. The summed E-state index contributed by atoms with van der Waals surface area (Å²) in [5.41, 5.74) is 3.27. The summed E-state index contributed by atoms with van der Waals surface area (Å²) in [6, 6.07) is 10.1. The van der Waals surface area contributed by atoms with Crippen molar-refractivity contribution in [2.45, 2.75) is 39.3 Å². The van der Waals surface area contributed by atoms with Crippen molar-refractivity contribution in [3.8, 4) is 11.3 Å². The average Bonchev–Trinajstić information content (AvgIpc) is 2.91. The maximum absolute atomic E-state index is 11.3. The first-order valence-electron chi connectivity index (χ1n) is 7.70. The molecule has 1 saturated heterocycles. The molecule has 116 valence electrons. The molecule has 1 aromatic carbocycles. The second-order valence-electron chi connectivity index (χ2n) is 5.68. The highest BCUT2D eigenvalue weighted by atomic mass is 16.5. The molecule has 3 rings (SSSR count). The number of nitrogens with one attached hydrogen (secondary N) is 1. The van der Waals surface area contributed by atoms with Gasteiger partial charge >= 0.3 is 0 Å². The zero-order valence-corrected chi connectivity index (χ0v) is 13.0. The van der Waals surface area contributed by atoms with Gasteiger partial charge in [-0.25, -0.2) is 4.68 Å². The quantitative estimate of drug-likeness (QED) is 0.943. The van der Waals surface area contributed by atoms with E-state index in [9.17, 15) is 4.79 Å². The number of hydrogen-bond donors (Lipinski definition) is 1. The maximum atomic E-state index is 11.3.